The van der Waals surface area contributed by atoms with Crippen molar-refractivity contribution in [3.8, 4) is 0 Å². The molecule has 0 amide bonds. The Morgan fingerprint density at radius 2 is 1.97 bits per heavy atom. The molecule has 0 unspecified atom stereocenters. The second kappa shape index (κ2) is 10.4. The highest BCUT2D eigenvalue weighted by atomic mass is 32.2. The Morgan fingerprint density at radius 3 is 2.66 bits per heavy atom. The number of benzene rings is 2. The molecule has 2 aromatic carbocycles. The van der Waals surface area contributed by atoms with Gasteiger partial charge in [0.2, 0.25) is 0 Å². The van der Waals surface area contributed by atoms with Gasteiger partial charge in [0.25, 0.3) is 11.2 Å². The van der Waals surface area contributed by atoms with Gasteiger partial charge < -0.3 is 4.74 Å². The van der Waals surface area contributed by atoms with Gasteiger partial charge in [-0.3, -0.25) is 19.5 Å². The van der Waals surface area contributed by atoms with Crippen LogP contribution in [0.15, 0.2) is 58.5 Å². The first kappa shape index (κ1) is 24.6. The monoisotopic (exact) mass is 513 g/mol. The van der Waals surface area contributed by atoms with Crippen LogP contribution in [0.4, 0.5) is 10.1 Å². The number of thioether (sulfide) groups is 1. The lowest BCUT2D eigenvalue weighted by atomic mass is 10.2. The van der Waals surface area contributed by atoms with E-state index < -0.39 is 10.9 Å². The lowest BCUT2D eigenvalue weighted by Crippen LogP contribution is -2.24. The maximum Gasteiger partial charge on any atom is 0.348 e. The number of aryl methyl sites for hydroxylation is 1. The van der Waals surface area contributed by atoms with Gasteiger partial charge in [0, 0.05) is 17.9 Å². The normalized spacial score (nSPS) is 11.1. The van der Waals surface area contributed by atoms with Crippen molar-refractivity contribution in [3.63, 3.8) is 0 Å². The molecule has 0 aliphatic carbocycles. The molecule has 0 saturated heterocycles. The lowest BCUT2D eigenvalue weighted by Gasteiger charge is -2.12. The number of hydrogen-bond donors (Lipinski definition) is 0. The van der Waals surface area contributed by atoms with Crippen LogP contribution in [0.5, 0.6) is 0 Å². The molecular weight excluding hydrogens is 493 g/mol. The molecule has 0 atom stereocenters. The van der Waals surface area contributed by atoms with E-state index in [4.69, 9.17) is 4.74 Å². The molecule has 0 saturated carbocycles. The summed E-state index contributed by atoms with van der Waals surface area (Å²) in [5.74, 6) is -0.566. The number of carbonyl (C=O) groups excluding carboxylic acids is 1. The standard InChI is InChI=1S/C24H20FN3O5S2/c1-3-33-23(30)20-14(2)19-21(35-20)26-24(34-13-16-5-4-6-18(11-16)28(31)32)27(22(19)29)12-15-7-9-17(25)10-8-15/h4-11H,3,12-13H2,1-2H3. The molecule has 4 rings (SSSR count). The maximum atomic E-state index is 13.6. The second-order valence-electron chi connectivity index (χ2n) is 7.58. The Kier molecular flexibility index (Phi) is 7.27. The zero-order chi connectivity index (χ0) is 25.1. The molecule has 0 bridgehead atoms. The van der Waals surface area contributed by atoms with Crippen LogP contribution < -0.4 is 5.56 Å². The van der Waals surface area contributed by atoms with Crippen molar-refractivity contribution < 1.29 is 18.8 Å². The Bertz CT molecular complexity index is 1480. The lowest BCUT2D eigenvalue weighted by molar-refractivity contribution is -0.384. The minimum atomic E-state index is -0.511. The van der Waals surface area contributed by atoms with E-state index in [1.165, 1.54) is 40.6 Å². The summed E-state index contributed by atoms with van der Waals surface area (Å²) in [5, 5.41) is 11.8. The number of halogens is 1. The van der Waals surface area contributed by atoms with Crippen molar-refractivity contribution in [2.45, 2.75) is 31.3 Å². The Morgan fingerprint density at radius 1 is 1.23 bits per heavy atom. The first-order valence-electron chi connectivity index (χ1n) is 10.6. The molecule has 11 heteroatoms. The van der Waals surface area contributed by atoms with E-state index in [1.807, 2.05) is 0 Å². The maximum absolute atomic E-state index is 13.6. The predicted octanol–water partition coefficient (Wildman–Crippen LogP) is 5.33. The molecule has 2 heterocycles. The molecule has 2 aromatic heterocycles. The third-order valence-corrected chi connectivity index (χ3v) is 7.43. The summed E-state index contributed by atoms with van der Waals surface area (Å²) >= 11 is 2.35. The Balaban J connectivity index is 1.79. The van der Waals surface area contributed by atoms with Crippen LogP contribution in [0.25, 0.3) is 10.2 Å². The number of carbonyl (C=O) groups is 1. The van der Waals surface area contributed by atoms with Crippen LogP contribution in [0, 0.1) is 22.9 Å². The average molecular weight is 514 g/mol. The highest BCUT2D eigenvalue weighted by molar-refractivity contribution is 7.98. The van der Waals surface area contributed by atoms with Crippen molar-refractivity contribution >= 4 is 45.0 Å². The van der Waals surface area contributed by atoms with Crippen molar-refractivity contribution in [2.24, 2.45) is 0 Å². The van der Waals surface area contributed by atoms with E-state index in [1.54, 1.807) is 38.1 Å². The van der Waals surface area contributed by atoms with Crippen LogP contribution >= 0.6 is 23.1 Å². The van der Waals surface area contributed by atoms with Gasteiger partial charge in [-0.05, 0) is 42.7 Å². The molecule has 0 N–H and O–H groups in total. The molecule has 4 aromatic rings. The van der Waals surface area contributed by atoms with E-state index in [0.29, 0.717) is 42.7 Å². The molecule has 0 spiro atoms. The molecule has 180 valence electrons. The second-order valence-corrected chi connectivity index (χ2v) is 9.53. The number of hydrogen-bond acceptors (Lipinski definition) is 8. The molecule has 0 radical (unpaired) electrons. The third kappa shape index (κ3) is 5.25. The molecule has 0 aliphatic rings. The molecule has 35 heavy (non-hydrogen) atoms. The summed E-state index contributed by atoms with van der Waals surface area (Å²) in [4.78, 5) is 42.0. The van der Waals surface area contributed by atoms with Crippen LogP contribution in [-0.4, -0.2) is 27.1 Å². The number of esters is 1. The fourth-order valence-corrected chi connectivity index (χ4v) is 5.58. The zero-order valence-electron chi connectivity index (χ0n) is 18.8. The highest BCUT2D eigenvalue weighted by Gasteiger charge is 2.23. The minimum absolute atomic E-state index is 0.0248. The van der Waals surface area contributed by atoms with Gasteiger partial charge in [-0.1, -0.05) is 36.0 Å². The van der Waals surface area contributed by atoms with Crippen molar-refractivity contribution in [1.29, 1.82) is 0 Å². The molecular formula is C24H20FN3O5S2. The summed E-state index contributed by atoms with van der Waals surface area (Å²) < 4.78 is 20.0. The van der Waals surface area contributed by atoms with Crippen molar-refractivity contribution in [1.82, 2.24) is 9.55 Å². The van der Waals surface area contributed by atoms with E-state index in [2.05, 4.69) is 4.98 Å². The van der Waals surface area contributed by atoms with E-state index >= 15 is 0 Å². The quantitative estimate of drug-likeness (QED) is 0.103. The fraction of sp³-hybridized carbons (Fsp3) is 0.208. The number of nitrogens with zero attached hydrogens (tertiary/aromatic N) is 3. The van der Waals surface area contributed by atoms with Crippen LogP contribution in [0.1, 0.15) is 33.3 Å². The summed E-state index contributed by atoms with van der Waals surface area (Å²) in [6, 6.07) is 12.1. The number of nitro groups is 1. The van der Waals surface area contributed by atoms with Gasteiger partial charge in [0.15, 0.2) is 5.16 Å². The number of ether oxygens (including phenoxy) is 1. The largest absolute Gasteiger partial charge is 0.462 e. The topological polar surface area (TPSA) is 104 Å². The number of non-ortho nitro benzene ring substituents is 1. The summed E-state index contributed by atoms with van der Waals surface area (Å²) in [6.45, 7) is 3.74. The number of rotatable bonds is 8. The Labute approximate surface area is 207 Å². The van der Waals surface area contributed by atoms with Gasteiger partial charge >= 0.3 is 5.97 Å². The summed E-state index contributed by atoms with van der Waals surface area (Å²) in [6.07, 6.45) is 0. The van der Waals surface area contributed by atoms with Gasteiger partial charge in [-0.15, -0.1) is 11.3 Å². The fourth-order valence-electron chi connectivity index (χ4n) is 3.52. The van der Waals surface area contributed by atoms with Crippen LogP contribution in [0.2, 0.25) is 0 Å². The SMILES string of the molecule is CCOC(=O)c1sc2nc(SCc3cccc([N+](=O)[O-])c3)n(Cc3ccc(F)cc3)c(=O)c2c1C. The van der Waals surface area contributed by atoms with Crippen molar-refractivity contribution in [3.05, 3.63) is 96.4 Å². The highest BCUT2D eigenvalue weighted by Crippen LogP contribution is 2.31. The number of aromatic nitrogens is 2. The van der Waals surface area contributed by atoms with E-state index in [0.717, 1.165) is 11.3 Å². The Hall–Kier alpha value is -3.57. The average Bonchev–Trinajstić information content (AvgIpc) is 3.17. The third-order valence-electron chi connectivity index (χ3n) is 5.22. The molecule has 0 fully saturated rings. The first-order valence-corrected chi connectivity index (χ1v) is 12.4. The molecule has 8 nitrogen and oxygen atoms in total. The summed E-state index contributed by atoms with van der Waals surface area (Å²) in [5.41, 5.74) is 1.55. The number of nitro benzene ring substituents is 1. The van der Waals surface area contributed by atoms with Crippen molar-refractivity contribution in [2.75, 3.05) is 6.61 Å². The number of fused-ring (bicyclic) bond motifs is 1. The van der Waals surface area contributed by atoms with E-state index in [9.17, 15) is 24.1 Å². The van der Waals surface area contributed by atoms with Crippen LogP contribution in [0.3, 0.4) is 0 Å². The number of thiophene rings is 1. The van der Waals surface area contributed by atoms with Gasteiger partial charge in [0.1, 0.15) is 15.5 Å². The van der Waals surface area contributed by atoms with Crippen LogP contribution in [-0.2, 0) is 17.0 Å². The smallest absolute Gasteiger partial charge is 0.348 e. The first-order chi connectivity index (χ1) is 16.8. The molecule has 0 aliphatic heterocycles. The predicted molar refractivity (Wildman–Crippen MR) is 133 cm³/mol. The zero-order valence-corrected chi connectivity index (χ0v) is 20.5. The van der Waals surface area contributed by atoms with Gasteiger partial charge in [0.05, 0.1) is 23.5 Å². The van der Waals surface area contributed by atoms with E-state index in [-0.39, 0.29) is 30.2 Å². The minimum Gasteiger partial charge on any atom is -0.462 e. The van der Waals surface area contributed by atoms with Gasteiger partial charge in [-0.25, -0.2) is 14.2 Å². The van der Waals surface area contributed by atoms with Gasteiger partial charge in [-0.2, -0.15) is 0 Å². The summed E-state index contributed by atoms with van der Waals surface area (Å²) in [7, 11) is 0.